The minimum absolute atomic E-state index is 0.205. The van der Waals surface area contributed by atoms with E-state index in [9.17, 15) is 4.79 Å². The summed E-state index contributed by atoms with van der Waals surface area (Å²) in [6, 6.07) is 12.8. The maximum Gasteiger partial charge on any atom is 0.251 e. The minimum atomic E-state index is -0.205. The van der Waals surface area contributed by atoms with Crippen molar-refractivity contribution in [1.82, 2.24) is 5.32 Å². The number of benzene rings is 2. The summed E-state index contributed by atoms with van der Waals surface area (Å²) >= 11 is 0. The number of allylic oxidation sites excluding steroid dienone is 1. The zero-order chi connectivity index (χ0) is 17.5. The van der Waals surface area contributed by atoms with Gasteiger partial charge in [-0.25, -0.2) is 0 Å². The molecule has 0 aliphatic carbocycles. The molecule has 0 bridgehead atoms. The number of methoxy groups -OCH3 is 1. The van der Waals surface area contributed by atoms with Crippen LogP contribution in [0.15, 0.2) is 54.6 Å². The van der Waals surface area contributed by atoms with Crippen LogP contribution in [-0.4, -0.2) is 20.1 Å². The van der Waals surface area contributed by atoms with Crippen LogP contribution in [0, 0.1) is 0 Å². The Kier molecular flexibility index (Phi) is 5.79. The van der Waals surface area contributed by atoms with Crippen molar-refractivity contribution >= 4 is 18.2 Å². The average molecular weight is 323 g/mol. The number of hydrogen-bond acceptors (Lipinski definition) is 3. The summed E-state index contributed by atoms with van der Waals surface area (Å²) in [5.41, 5.74) is 0.467. The Hall–Kier alpha value is -3.01. The maximum atomic E-state index is 11.9. The highest BCUT2D eigenvalue weighted by molar-refractivity contribution is 5.94. The molecule has 0 heterocycles. The summed E-state index contributed by atoms with van der Waals surface area (Å²) in [5.74, 6) is 1.52. The van der Waals surface area contributed by atoms with E-state index in [1.54, 1.807) is 32.4 Å². The van der Waals surface area contributed by atoms with Gasteiger partial charge in [0.1, 0.15) is 17.3 Å². The van der Waals surface area contributed by atoms with Gasteiger partial charge in [0.15, 0.2) is 0 Å². The average Bonchev–Trinajstić information content (AvgIpc) is 2.60. The zero-order valence-corrected chi connectivity index (χ0v) is 14.1. The van der Waals surface area contributed by atoms with Crippen LogP contribution in [-0.2, 0) is 0 Å². The molecule has 2 aromatic carbocycles. The first kappa shape index (κ1) is 17.3. The Morgan fingerprint density at radius 1 is 1.17 bits per heavy atom. The van der Waals surface area contributed by atoms with Gasteiger partial charge in [-0.1, -0.05) is 36.9 Å². The fourth-order valence-electron chi connectivity index (χ4n) is 2.24. The first-order valence-corrected chi connectivity index (χ1v) is 7.59. The van der Waals surface area contributed by atoms with Crippen molar-refractivity contribution in [1.29, 1.82) is 0 Å². The molecule has 24 heavy (non-hydrogen) atoms. The highest BCUT2D eigenvalue weighted by Crippen LogP contribution is 2.24. The summed E-state index contributed by atoms with van der Waals surface area (Å²) in [4.78, 5) is 11.9. The molecular formula is C20H21NO3. The van der Waals surface area contributed by atoms with Crippen molar-refractivity contribution in [2.24, 2.45) is 0 Å². The highest BCUT2D eigenvalue weighted by Gasteiger charge is 2.10. The van der Waals surface area contributed by atoms with Crippen LogP contribution < -0.4 is 25.2 Å². The molecule has 1 amide bonds. The van der Waals surface area contributed by atoms with Crippen molar-refractivity contribution in [3.8, 4) is 11.5 Å². The molecule has 0 aliphatic heterocycles. The fourth-order valence-corrected chi connectivity index (χ4v) is 2.24. The summed E-state index contributed by atoms with van der Waals surface area (Å²) in [5, 5.41) is 4.35. The predicted octanol–water partition coefficient (Wildman–Crippen LogP) is 2.23. The van der Waals surface area contributed by atoms with Gasteiger partial charge in [0.2, 0.25) is 0 Å². The van der Waals surface area contributed by atoms with E-state index in [-0.39, 0.29) is 5.91 Å². The van der Waals surface area contributed by atoms with Gasteiger partial charge in [-0.15, -0.1) is 0 Å². The van der Waals surface area contributed by atoms with Gasteiger partial charge < -0.3 is 14.8 Å². The number of amides is 1. The Morgan fingerprint density at radius 3 is 2.50 bits per heavy atom. The normalized spacial score (nSPS) is 12.0. The molecule has 2 rings (SSSR count). The molecule has 0 saturated heterocycles. The van der Waals surface area contributed by atoms with E-state index < -0.39 is 0 Å². The zero-order valence-electron chi connectivity index (χ0n) is 14.1. The monoisotopic (exact) mass is 323 g/mol. The lowest BCUT2D eigenvalue weighted by Gasteiger charge is -2.11. The van der Waals surface area contributed by atoms with Gasteiger partial charge in [-0.3, -0.25) is 4.79 Å². The van der Waals surface area contributed by atoms with Gasteiger partial charge >= 0.3 is 0 Å². The molecule has 0 fully saturated rings. The molecule has 0 aromatic heterocycles. The molecule has 0 spiro atoms. The number of nitrogens with one attached hydrogen (secondary N) is 1. The second kappa shape index (κ2) is 8.02. The molecule has 0 saturated carbocycles. The molecule has 1 N–H and O–H groups in total. The summed E-state index contributed by atoms with van der Waals surface area (Å²) < 4.78 is 11.3. The lowest BCUT2D eigenvalue weighted by molar-refractivity contribution is 0.0962. The van der Waals surface area contributed by atoms with Crippen molar-refractivity contribution in [3.05, 3.63) is 70.6 Å². The Balaban J connectivity index is 2.56. The SMILES string of the molecule is C=c1cccc/c1=C(/C=C\C)Oc1cc(OC)cc(C(=O)NC)c1. The van der Waals surface area contributed by atoms with E-state index in [1.807, 2.05) is 43.3 Å². The molecular weight excluding hydrogens is 302 g/mol. The molecule has 4 nitrogen and oxygen atoms in total. The maximum absolute atomic E-state index is 11.9. The van der Waals surface area contributed by atoms with Gasteiger partial charge in [0.25, 0.3) is 5.91 Å². The van der Waals surface area contributed by atoms with Crippen molar-refractivity contribution in [2.75, 3.05) is 14.2 Å². The van der Waals surface area contributed by atoms with E-state index in [1.165, 1.54) is 0 Å². The van der Waals surface area contributed by atoms with E-state index >= 15 is 0 Å². The third-order valence-electron chi connectivity index (χ3n) is 3.43. The highest BCUT2D eigenvalue weighted by atomic mass is 16.5. The van der Waals surface area contributed by atoms with E-state index in [0.717, 1.165) is 10.4 Å². The van der Waals surface area contributed by atoms with Crippen molar-refractivity contribution in [3.63, 3.8) is 0 Å². The van der Waals surface area contributed by atoms with E-state index in [2.05, 4.69) is 11.9 Å². The summed E-state index contributed by atoms with van der Waals surface area (Å²) in [7, 11) is 3.13. The quantitative estimate of drug-likeness (QED) is 0.918. The lowest BCUT2D eigenvalue weighted by Crippen LogP contribution is -2.26. The van der Waals surface area contributed by atoms with Gasteiger partial charge in [0, 0.05) is 23.9 Å². The van der Waals surface area contributed by atoms with Crippen LogP contribution in [0.5, 0.6) is 11.5 Å². The topological polar surface area (TPSA) is 47.6 Å². The van der Waals surface area contributed by atoms with E-state index in [4.69, 9.17) is 9.47 Å². The van der Waals surface area contributed by atoms with E-state index in [0.29, 0.717) is 22.8 Å². The predicted molar refractivity (Wildman–Crippen MR) is 96.4 cm³/mol. The third-order valence-corrected chi connectivity index (χ3v) is 3.43. The number of hydrogen-bond donors (Lipinski definition) is 1. The van der Waals surface area contributed by atoms with Crippen LogP contribution >= 0.6 is 0 Å². The first-order valence-electron chi connectivity index (χ1n) is 7.59. The van der Waals surface area contributed by atoms with Crippen molar-refractivity contribution in [2.45, 2.75) is 6.92 Å². The Bertz CT molecular complexity index is 869. The Morgan fingerprint density at radius 2 is 1.88 bits per heavy atom. The second-order valence-electron chi connectivity index (χ2n) is 5.10. The van der Waals surface area contributed by atoms with Gasteiger partial charge in [0.05, 0.1) is 7.11 Å². The largest absolute Gasteiger partial charge is 0.497 e. The summed E-state index contributed by atoms with van der Waals surface area (Å²) in [6.45, 7) is 5.95. The smallest absolute Gasteiger partial charge is 0.251 e. The van der Waals surface area contributed by atoms with Gasteiger partial charge in [-0.2, -0.15) is 0 Å². The molecule has 124 valence electrons. The molecule has 0 unspecified atom stereocenters. The Labute approximate surface area is 141 Å². The standard InChI is InChI=1S/C20H21NO3/c1-5-8-19(18-10-7-6-9-14(18)2)24-17-12-15(20(22)21-3)11-16(13-17)23-4/h5-13H,2H2,1,3-4H3,(H,21,22)/b8-5-,19-18+. The van der Waals surface area contributed by atoms with Crippen LogP contribution in [0.2, 0.25) is 0 Å². The number of carbonyl (C=O) groups is 1. The van der Waals surface area contributed by atoms with Gasteiger partial charge in [-0.05, 0) is 30.4 Å². The second-order valence-corrected chi connectivity index (χ2v) is 5.10. The number of rotatable bonds is 5. The molecule has 0 aliphatic rings. The minimum Gasteiger partial charge on any atom is -0.497 e. The van der Waals surface area contributed by atoms with Crippen molar-refractivity contribution < 1.29 is 14.3 Å². The van der Waals surface area contributed by atoms with Crippen LogP contribution in [0.3, 0.4) is 0 Å². The van der Waals surface area contributed by atoms with Crippen LogP contribution in [0.1, 0.15) is 17.3 Å². The summed E-state index contributed by atoms with van der Waals surface area (Å²) in [6.07, 6.45) is 3.75. The lowest BCUT2D eigenvalue weighted by atomic mass is 10.2. The first-order chi connectivity index (χ1) is 11.6. The van der Waals surface area contributed by atoms with Crippen LogP contribution in [0.4, 0.5) is 0 Å². The molecule has 2 aromatic rings. The number of carbonyl (C=O) groups excluding carboxylic acids is 1. The molecule has 0 atom stereocenters. The molecule has 4 heteroatoms. The van der Waals surface area contributed by atoms with Crippen LogP contribution in [0.25, 0.3) is 12.3 Å². The fraction of sp³-hybridized carbons (Fsp3) is 0.150. The number of ether oxygens (including phenoxy) is 2. The molecule has 0 radical (unpaired) electrons. The third kappa shape index (κ3) is 4.04.